The molecule has 98 valence electrons. The SMILES string of the molecule is CCCC(C)(Nc1ccc2c(c1)CCC2)C(=O)O. The maximum Gasteiger partial charge on any atom is 0.329 e. The molecule has 1 aliphatic carbocycles. The lowest BCUT2D eigenvalue weighted by molar-refractivity contribution is -0.141. The highest BCUT2D eigenvalue weighted by Crippen LogP contribution is 2.27. The molecular formula is C15H21NO2. The zero-order valence-corrected chi connectivity index (χ0v) is 11.1. The first-order chi connectivity index (χ1) is 8.55. The van der Waals surface area contributed by atoms with Crippen LogP contribution in [0.1, 0.15) is 44.2 Å². The van der Waals surface area contributed by atoms with Crippen LogP contribution in [-0.4, -0.2) is 16.6 Å². The number of fused-ring (bicyclic) bond motifs is 1. The molecule has 0 saturated carbocycles. The van der Waals surface area contributed by atoms with Crippen LogP contribution in [0.5, 0.6) is 0 Å². The van der Waals surface area contributed by atoms with Gasteiger partial charge in [-0.2, -0.15) is 0 Å². The van der Waals surface area contributed by atoms with Crippen LogP contribution in [-0.2, 0) is 17.6 Å². The van der Waals surface area contributed by atoms with Gasteiger partial charge in [-0.15, -0.1) is 0 Å². The molecule has 0 heterocycles. The van der Waals surface area contributed by atoms with Crippen LogP contribution in [0.25, 0.3) is 0 Å². The molecule has 3 heteroatoms. The second-order valence-corrected chi connectivity index (χ2v) is 5.35. The number of carboxylic acid groups (broad SMARTS) is 1. The Kier molecular flexibility index (Phi) is 3.60. The molecule has 0 radical (unpaired) electrons. The van der Waals surface area contributed by atoms with E-state index < -0.39 is 11.5 Å². The van der Waals surface area contributed by atoms with E-state index in [0.29, 0.717) is 6.42 Å². The van der Waals surface area contributed by atoms with Gasteiger partial charge in [0.15, 0.2) is 0 Å². The third-order valence-electron chi connectivity index (χ3n) is 3.74. The number of aliphatic carboxylic acids is 1. The summed E-state index contributed by atoms with van der Waals surface area (Å²) in [5, 5.41) is 12.5. The molecule has 0 amide bonds. The van der Waals surface area contributed by atoms with Crippen molar-refractivity contribution in [2.45, 2.75) is 51.5 Å². The minimum Gasteiger partial charge on any atom is -0.480 e. The Labute approximate surface area is 108 Å². The van der Waals surface area contributed by atoms with Gasteiger partial charge in [0.1, 0.15) is 5.54 Å². The van der Waals surface area contributed by atoms with Gasteiger partial charge in [0.25, 0.3) is 0 Å². The number of carboxylic acids is 1. The van der Waals surface area contributed by atoms with Crippen LogP contribution in [0.2, 0.25) is 0 Å². The molecule has 2 rings (SSSR count). The van der Waals surface area contributed by atoms with Crippen LogP contribution < -0.4 is 5.32 Å². The van der Waals surface area contributed by atoms with E-state index in [2.05, 4.69) is 17.4 Å². The smallest absolute Gasteiger partial charge is 0.329 e. The number of carbonyl (C=O) groups is 1. The van der Waals surface area contributed by atoms with Crippen molar-refractivity contribution in [1.29, 1.82) is 0 Å². The number of nitrogens with one attached hydrogen (secondary N) is 1. The highest BCUT2D eigenvalue weighted by Gasteiger charge is 2.32. The fourth-order valence-electron chi connectivity index (χ4n) is 2.69. The first-order valence-corrected chi connectivity index (χ1v) is 6.68. The molecule has 0 aliphatic heterocycles. The van der Waals surface area contributed by atoms with Crippen molar-refractivity contribution in [3.63, 3.8) is 0 Å². The Hall–Kier alpha value is -1.51. The van der Waals surface area contributed by atoms with E-state index in [1.807, 2.05) is 13.0 Å². The monoisotopic (exact) mass is 247 g/mol. The molecule has 0 bridgehead atoms. The average molecular weight is 247 g/mol. The summed E-state index contributed by atoms with van der Waals surface area (Å²) < 4.78 is 0. The third-order valence-corrected chi connectivity index (χ3v) is 3.74. The molecular weight excluding hydrogens is 226 g/mol. The first-order valence-electron chi connectivity index (χ1n) is 6.68. The van der Waals surface area contributed by atoms with Gasteiger partial charge in [-0.1, -0.05) is 19.4 Å². The largest absolute Gasteiger partial charge is 0.480 e. The van der Waals surface area contributed by atoms with Crippen molar-refractivity contribution in [3.8, 4) is 0 Å². The molecule has 1 aliphatic rings. The van der Waals surface area contributed by atoms with E-state index in [1.54, 1.807) is 6.92 Å². The Balaban J connectivity index is 2.19. The second-order valence-electron chi connectivity index (χ2n) is 5.35. The highest BCUT2D eigenvalue weighted by atomic mass is 16.4. The van der Waals surface area contributed by atoms with Crippen molar-refractivity contribution in [3.05, 3.63) is 29.3 Å². The summed E-state index contributed by atoms with van der Waals surface area (Å²) in [5.74, 6) is -0.787. The second kappa shape index (κ2) is 5.01. The fourth-order valence-corrected chi connectivity index (χ4v) is 2.69. The van der Waals surface area contributed by atoms with Crippen LogP contribution in [0, 0.1) is 0 Å². The molecule has 0 spiro atoms. The number of anilines is 1. The summed E-state index contributed by atoms with van der Waals surface area (Å²) in [6, 6.07) is 6.24. The minimum atomic E-state index is -0.873. The minimum absolute atomic E-state index is 0.624. The molecule has 1 unspecified atom stereocenters. The zero-order chi connectivity index (χ0) is 13.2. The van der Waals surface area contributed by atoms with Crippen LogP contribution in [0.15, 0.2) is 18.2 Å². The van der Waals surface area contributed by atoms with Crippen LogP contribution in [0.4, 0.5) is 5.69 Å². The lowest BCUT2D eigenvalue weighted by Crippen LogP contribution is -2.43. The van der Waals surface area contributed by atoms with E-state index >= 15 is 0 Å². The molecule has 3 nitrogen and oxygen atoms in total. The van der Waals surface area contributed by atoms with Gasteiger partial charge < -0.3 is 10.4 Å². The maximum absolute atomic E-state index is 11.4. The summed E-state index contributed by atoms with van der Waals surface area (Å²) >= 11 is 0. The quantitative estimate of drug-likeness (QED) is 0.839. The van der Waals surface area contributed by atoms with Crippen LogP contribution in [0.3, 0.4) is 0 Å². The van der Waals surface area contributed by atoms with Gasteiger partial charge in [-0.05, 0) is 55.9 Å². The molecule has 0 saturated heterocycles. The molecule has 0 fully saturated rings. The Morgan fingerprint density at radius 2 is 2.11 bits per heavy atom. The van der Waals surface area contributed by atoms with Crippen molar-refractivity contribution >= 4 is 11.7 Å². The Morgan fingerprint density at radius 1 is 1.39 bits per heavy atom. The molecule has 0 aromatic heterocycles. The summed E-state index contributed by atoms with van der Waals surface area (Å²) in [6.45, 7) is 3.76. The van der Waals surface area contributed by atoms with Gasteiger partial charge in [-0.3, -0.25) is 0 Å². The standard InChI is InChI=1S/C15H21NO2/c1-3-9-15(2,14(17)18)16-13-8-7-11-5-4-6-12(11)10-13/h7-8,10,16H,3-6,9H2,1-2H3,(H,17,18). The van der Waals surface area contributed by atoms with Crippen LogP contribution >= 0.6 is 0 Å². The van der Waals surface area contributed by atoms with Gasteiger partial charge in [0.2, 0.25) is 0 Å². The van der Waals surface area contributed by atoms with Crippen molar-refractivity contribution < 1.29 is 9.90 Å². The first kappa shape index (κ1) is 12.9. The number of rotatable bonds is 5. The molecule has 1 atom stereocenters. The van der Waals surface area contributed by atoms with E-state index in [1.165, 1.54) is 17.5 Å². The Morgan fingerprint density at radius 3 is 2.78 bits per heavy atom. The molecule has 18 heavy (non-hydrogen) atoms. The van der Waals surface area contributed by atoms with Crippen molar-refractivity contribution in [2.24, 2.45) is 0 Å². The van der Waals surface area contributed by atoms with Gasteiger partial charge in [0, 0.05) is 5.69 Å². The maximum atomic E-state index is 11.4. The number of benzene rings is 1. The van der Waals surface area contributed by atoms with Gasteiger partial charge in [0.05, 0.1) is 0 Å². The predicted molar refractivity (Wildman–Crippen MR) is 73.0 cm³/mol. The van der Waals surface area contributed by atoms with E-state index in [9.17, 15) is 9.90 Å². The predicted octanol–water partition coefficient (Wildman–Crippen LogP) is 3.23. The summed E-state index contributed by atoms with van der Waals surface area (Å²) in [6.07, 6.45) is 4.95. The molecule has 1 aromatic rings. The average Bonchev–Trinajstić information content (AvgIpc) is 2.76. The summed E-state index contributed by atoms with van der Waals surface area (Å²) in [4.78, 5) is 11.4. The Bertz CT molecular complexity index is 456. The topological polar surface area (TPSA) is 49.3 Å². The van der Waals surface area contributed by atoms with E-state index in [-0.39, 0.29) is 0 Å². The fraction of sp³-hybridized carbons (Fsp3) is 0.533. The van der Waals surface area contributed by atoms with Crippen molar-refractivity contribution in [1.82, 2.24) is 0 Å². The molecule has 2 N–H and O–H groups in total. The molecule has 1 aromatic carbocycles. The number of aryl methyl sites for hydroxylation is 2. The highest BCUT2D eigenvalue weighted by molar-refractivity contribution is 5.82. The lowest BCUT2D eigenvalue weighted by Gasteiger charge is -2.27. The normalized spacial score (nSPS) is 17.0. The number of hydrogen-bond acceptors (Lipinski definition) is 2. The third kappa shape index (κ3) is 2.50. The zero-order valence-electron chi connectivity index (χ0n) is 11.1. The van der Waals surface area contributed by atoms with Gasteiger partial charge in [-0.25, -0.2) is 4.79 Å². The van der Waals surface area contributed by atoms with E-state index in [4.69, 9.17) is 0 Å². The van der Waals surface area contributed by atoms with E-state index in [0.717, 1.165) is 24.9 Å². The van der Waals surface area contributed by atoms with Crippen molar-refractivity contribution in [2.75, 3.05) is 5.32 Å². The number of hydrogen-bond donors (Lipinski definition) is 2. The lowest BCUT2D eigenvalue weighted by atomic mass is 9.95. The summed E-state index contributed by atoms with van der Waals surface area (Å²) in [5.41, 5.74) is 2.83. The van der Waals surface area contributed by atoms with Gasteiger partial charge >= 0.3 is 5.97 Å². The summed E-state index contributed by atoms with van der Waals surface area (Å²) in [7, 11) is 0.